The monoisotopic (exact) mass is 404 g/mol. The summed E-state index contributed by atoms with van der Waals surface area (Å²) in [5, 5.41) is 11.3. The summed E-state index contributed by atoms with van der Waals surface area (Å²) in [6.07, 6.45) is 9.27. The molecule has 4 saturated carbocycles. The van der Waals surface area contributed by atoms with Crippen molar-refractivity contribution in [3.8, 4) is 0 Å². The van der Waals surface area contributed by atoms with Crippen LogP contribution in [-0.2, 0) is 14.3 Å². The summed E-state index contributed by atoms with van der Waals surface area (Å²) >= 11 is 0. The molecule has 9 atom stereocenters. The van der Waals surface area contributed by atoms with E-state index in [4.69, 9.17) is 4.74 Å². The molecule has 0 heterocycles. The van der Waals surface area contributed by atoms with Gasteiger partial charge in [0, 0.05) is 19.3 Å². The predicted molar refractivity (Wildman–Crippen MR) is 112 cm³/mol. The fraction of sp³-hybridized carbons (Fsp3) is 0.920. The van der Waals surface area contributed by atoms with E-state index in [9.17, 15) is 14.7 Å². The Labute approximate surface area is 176 Å². The minimum atomic E-state index is -0.252. The number of aliphatic hydroxyl groups excluding tert-OH is 1. The van der Waals surface area contributed by atoms with Gasteiger partial charge in [-0.25, -0.2) is 0 Å². The number of ether oxygens (including phenoxy) is 1. The van der Waals surface area contributed by atoms with Crippen LogP contribution in [0.3, 0.4) is 0 Å². The molecule has 4 rings (SSSR count). The lowest BCUT2D eigenvalue weighted by molar-refractivity contribution is -0.169. The fourth-order valence-corrected chi connectivity index (χ4v) is 8.64. The van der Waals surface area contributed by atoms with Gasteiger partial charge in [-0.15, -0.1) is 0 Å². The third-order valence-electron chi connectivity index (χ3n) is 10.3. The molecule has 0 radical (unpaired) electrons. The van der Waals surface area contributed by atoms with Crippen molar-refractivity contribution < 1.29 is 19.4 Å². The molecule has 0 aliphatic heterocycles. The van der Waals surface area contributed by atoms with E-state index in [2.05, 4.69) is 20.8 Å². The first-order valence-electron chi connectivity index (χ1n) is 12.0. The number of hydrogen-bond donors (Lipinski definition) is 1. The molecule has 0 aromatic heterocycles. The van der Waals surface area contributed by atoms with E-state index in [1.807, 2.05) is 0 Å². The standard InChI is InChI=1S/C25H40O4/c1-15(5-8-22(28)29-4)18-6-7-19-23-20(10-12-25(18,19)3)24(2)11-9-17(26)13-16(24)14-21(23)27/h15-16,18-21,23,27H,5-14H2,1-4H3/t15-,16?,18-,19+,20+,21-,23+,24+,25-/m1/s1. The second-order valence-electron chi connectivity index (χ2n) is 11.4. The van der Waals surface area contributed by atoms with E-state index in [0.717, 1.165) is 25.7 Å². The highest BCUT2D eigenvalue weighted by Crippen LogP contribution is 2.68. The van der Waals surface area contributed by atoms with Crippen LogP contribution in [0, 0.1) is 46.3 Å². The highest BCUT2D eigenvalue weighted by molar-refractivity contribution is 5.79. The Bertz CT molecular complexity index is 659. The minimum absolute atomic E-state index is 0.103. The van der Waals surface area contributed by atoms with E-state index in [1.165, 1.54) is 32.8 Å². The molecule has 164 valence electrons. The van der Waals surface area contributed by atoms with Gasteiger partial charge in [0.05, 0.1) is 13.2 Å². The normalized spacial score (nSPS) is 47.7. The largest absolute Gasteiger partial charge is 0.469 e. The van der Waals surface area contributed by atoms with Gasteiger partial charge in [0.15, 0.2) is 0 Å². The van der Waals surface area contributed by atoms with Gasteiger partial charge in [-0.05, 0) is 91.3 Å². The Morgan fingerprint density at radius 3 is 2.62 bits per heavy atom. The number of carbonyl (C=O) groups excluding carboxylic acids is 2. The molecular formula is C25H40O4. The van der Waals surface area contributed by atoms with Crippen molar-refractivity contribution in [1.82, 2.24) is 0 Å². The first-order chi connectivity index (χ1) is 13.7. The van der Waals surface area contributed by atoms with Crippen LogP contribution in [0.2, 0.25) is 0 Å². The number of esters is 1. The minimum Gasteiger partial charge on any atom is -0.469 e. The van der Waals surface area contributed by atoms with Gasteiger partial charge in [-0.1, -0.05) is 20.8 Å². The summed E-state index contributed by atoms with van der Waals surface area (Å²) in [4.78, 5) is 23.7. The Morgan fingerprint density at radius 1 is 1.17 bits per heavy atom. The van der Waals surface area contributed by atoms with E-state index in [0.29, 0.717) is 54.1 Å². The van der Waals surface area contributed by atoms with Gasteiger partial charge in [0.1, 0.15) is 5.78 Å². The van der Waals surface area contributed by atoms with Crippen LogP contribution in [0.15, 0.2) is 0 Å². The van der Waals surface area contributed by atoms with E-state index >= 15 is 0 Å². The summed E-state index contributed by atoms with van der Waals surface area (Å²) in [5.74, 6) is 3.35. The Balaban J connectivity index is 1.53. The molecule has 0 bridgehead atoms. The summed E-state index contributed by atoms with van der Waals surface area (Å²) in [7, 11) is 1.47. The number of carbonyl (C=O) groups is 2. The van der Waals surface area contributed by atoms with Crippen LogP contribution in [0.4, 0.5) is 0 Å². The molecule has 1 N–H and O–H groups in total. The Kier molecular flexibility index (Phi) is 5.63. The number of methoxy groups -OCH3 is 1. The quantitative estimate of drug-likeness (QED) is 0.685. The predicted octanol–water partition coefficient (Wildman–Crippen LogP) is 4.77. The second kappa shape index (κ2) is 7.66. The molecule has 4 fully saturated rings. The highest BCUT2D eigenvalue weighted by Gasteiger charge is 2.62. The van der Waals surface area contributed by atoms with Crippen molar-refractivity contribution in [2.75, 3.05) is 7.11 Å². The summed E-state index contributed by atoms with van der Waals surface area (Å²) in [6.45, 7) is 7.22. The first-order valence-corrected chi connectivity index (χ1v) is 12.0. The summed E-state index contributed by atoms with van der Waals surface area (Å²) in [6, 6.07) is 0. The van der Waals surface area contributed by atoms with Gasteiger partial charge < -0.3 is 9.84 Å². The maximum absolute atomic E-state index is 12.1. The molecule has 29 heavy (non-hydrogen) atoms. The van der Waals surface area contributed by atoms with Crippen LogP contribution in [0.25, 0.3) is 0 Å². The Morgan fingerprint density at radius 2 is 1.90 bits per heavy atom. The third-order valence-corrected chi connectivity index (χ3v) is 10.3. The lowest BCUT2D eigenvalue weighted by atomic mass is 9.44. The van der Waals surface area contributed by atoms with Gasteiger partial charge in [0.2, 0.25) is 0 Å². The zero-order chi connectivity index (χ0) is 21.0. The van der Waals surface area contributed by atoms with Crippen molar-refractivity contribution >= 4 is 11.8 Å². The van der Waals surface area contributed by atoms with Crippen LogP contribution in [0.1, 0.15) is 85.0 Å². The van der Waals surface area contributed by atoms with Gasteiger partial charge in [-0.3, -0.25) is 9.59 Å². The van der Waals surface area contributed by atoms with Crippen LogP contribution in [-0.4, -0.2) is 30.1 Å². The summed E-state index contributed by atoms with van der Waals surface area (Å²) in [5.41, 5.74) is 0.499. The number of Topliss-reactive ketones (excluding diaryl/α,β-unsaturated/α-hetero) is 1. The SMILES string of the molecule is COC(=O)CC[C@@H](C)[C@H]1CC[C@H]2[C@@H]3[C@H](O)CC4CC(=O)CC[C@]4(C)[C@H]3CC[C@]12C. The molecule has 0 spiro atoms. The topological polar surface area (TPSA) is 63.6 Å². The van der Waals surface area contributed by atoms with Crippen molar-refractivity contribution in [3.05, 3.63) is 0 Å². The van der Waals surface area contributed by atoms with Crippen LogP contribution >= 0.6 is 0 Å². The average Bonchev–Trinajstić information content (AvgIpc) is 3.04. The molecule has 0 aromatic carbocycles. The van der Waals surface area contributed by atoms with Crippen molar-refractivity contribution in [1.29, 1.82) is 0 Å². The molecule has 0 saturated heterocycles. The summed E-state index contributed by atoms with van der Waals surface area (Å²) < 4.78 is 4.85. The van der Waals surface area contributed by atoms with Crippen LogP contribution < -0.4 is 0 Å². The first kappa shape index (κ1) is 21.3. The lowest BCUT2D eigenvalue weighted by Gasteiger charge is -2.62. The van der Waals surface area contributed by atoms with Crippen molar-refractivity contribution in [2.45, 2.75) is 91.1 Å². The second-order valence-corrected chi connectivity index (χ2v) is 11.4. The molecule has 4 heteroatoms. The molecule has 0 aromatic rings. The molecular weight excluding hydrogens is 364 g/mol. The van der Waals surface area contributed by atoms with Gasteiger partial charge in [0.25, 0.3) is 0 Å². The molecule has 1 unspecified atom stereocenters. The average molecular weight is 405 g/mol. The maximum atomic E-state index is 12.1. The van der Waals surface area contributed by atoms with Crippen molar-refractivity contribution in [3.63, 3.8) is 0 Å². The van der Waals surface area contributed by atoms with E-state index in [-0.39, 0.29) is 22.9 Å². The maximum Gasteiger partial charge on any atom is 0.305 e. The Hall–Kier alpha value is -0.900. The van der Waals surface area contributed by atoms with Gasteiger partial charge in [-0.2, -0.15) is 0 Å². The molecule has 4 aliphatic rings. The van der Waals surface area contributed by atoms with Crippen LogP contribution in [0.5, 0.6) is 0 Å². The highest BCUT2D eigenvalue weighted by atomic mass is 16.5. The third kappa shape index (κ3) is 3.38. The number of hydrogen-bond acceptors (Lipinski definition) is 4. The number of fused-ring (bicyclic) bond motifs is 5. The number of rotatable bonds is 4. The smallest absolute Gasteiger partial charge is 0.305 e. The number of aliphatic hydroxyl groups is 1. The number of ketones is 1. The lowest BCUT2D eigenvalue weighted by Crippen LogP contribution is -2.58. The van der Waals surface area contributed by atoms with Gasteiger partial charge >= 0.3 is 5.97 Å². The zero-order valence-corrected chi connectivity index (χ0v) is 18.8. The molecule has 4 aliphatic carbocycles. The van der Waals surface area contributed by atoms with E-state index < -0.39 is 0 Å². The van der Waals surface area contributed by atoms with E-state index in [1.54, 1.807) is 0 Å². The zero-order valence-electron chi connectivity index (χ0n) is 18.8. The molecule has 4 nitrogen and oxygen atoms in total. The molecule has 0 amide bonds. The van der Waals surface area contributed by atoms with Crippen molar-refractivity contribution in [2.24, 2.45) is 46.3 Å². The fourth-order valence-electron chi connectivity index (χ4n) is 8.64.